The Morgan fingerprint density at radius 3 is 2.33 bits per heavy atom. The van der Waals surface area contributed by atoms with Crippen molar-refractivity contribution in [3.8, 4) is 0 Å². The fourth-order valence-corrected chi connectivity index (χ4v) is 6.81. The first kappa shape index (κ1) is 34.6. The van der Waals surface area contributed by atoms with Gasteiger partial charge in [-0.2, -0.15) is 0 Å². The van der Waals surface area contributed by atoms with E-state index < -0.39 is 47.5 Å². The first-order valence-electron chi connectivity index (χ1n) is 15.6. The van der Waals surface area contributed by atoms with Crippen molar-refractivity contribution in [1.29, 1.82) is 0 Å². The fraction of sp³-hybridized carbons (Fsp3) is 0.529. The summed E-state index contributed by atoms with van der Waals surface area (Å²) in [6, 6.07) is 12.5. The maximum absolute atomic E-state index is 13.8. The summed E-state index contributed by atoms with van der Waals surface area (Å²) in [7, 11) is 1.24. The number of benzene rings is 2. The second kappa shape index (κ2) is 15.8. The SMILES string of the molecule is COC(=O)[C@H](CC1CCNC1=O)NC(=O)[C@H](CC1CCCCC1)NC(=O)OC(c1ccccc1Cl)C(C)(C)c1cccc(Cl)c1. The number of carbonyl (C=O) groups is 4. The number of methoxy groups -OCH3 is 1. The molecule has 2 fully saturated rings. The zero-order valence-electron chi connectivity index (χ0n) is 26.1. The summed E-state index contributed by atoms with van der Waals surface area (Å²) in [5.74, 6) is -1.55. The number of hydrogen-bond donors (Lipinski definition) is 3. The average Bonchev–Trinajstić information content (AvgIpc) is 3.43. The van der Waals surface area contributed by atoms with E-state index >= 15 is 0 Å². The van der Waals surface area contributed by atoms with E-state index in [-0.39, 0.29) is 18.2 Å². The van der Waals surface area contributed by atoms with Gasteiger partial charge in [0.25, 0.3) is 0 Å². The smallest absolute Gasteiger partial charge is 0.408 e. The van der Waals surface area contributed by atoms with E-state index in [1.54, 1.807) is 24.3 Å². The molecule has 0 aromatic heterocycles. The lowest BCUT2D eigenvalue weighted by Gasteiger charge is -2.36. The van der Waals surface area contributed by atoms with E-state index in [1.807, 2.05) is 38.1 Å². The van der Waals surface area contributed by atoms with E-state index in [2.05, 4.69) is 16.0 Å². The molecular weight excluding hydrogens is 617 g/mol. The lowest BCUT2D eigenvalue weighted by atomic mass is 9.76. The standard InChI is InChI=1S/C34H43Cl2N3O6/c1-34(2,23-12-9-13-24(35)20-23)29(25-14-7-8-15-26(25)36)45-33(43)39-27(18-21-10-5-4-6-11-21)31(41)38-28(32(42)44-3)19-22-16-17-37-30(22)40/h7-9,12-15,20-22,27-29H,4-6,10-11,16-19H2,1-3H3,(H,37,40)(H,38,41)(H,39,43)/t22?,27-,28-,29?/m0/s1. The molecule has 4 atom stereocenters. The van der Waals surface area contributed by atoms with E-state index in [1.165, 1.54) is 7.11 Å². The van der Waals surface area contributed by atoms with Crippen LogP contribution in [0.4, 0.5) is 4.79 Å². The third-order valence-corrected chi connectivity index (χ3v) is 9.60. The van der Waals surface area contributed by atoms with Gasteiger partial charge in [-0.15, -0.1) is 0 Å². The summed E-state index contributed by atoms with van der Waals surface area (Å²) >= 11 is 12.9. The molecule has 3 N–H and O–H groups in total. The highest BCUT2D eigenvalue weighted by molar-refractivity contribution is 6.31. The zero-order chi connectivity index (χ0) is 32.6. The van der Waals surface area contributed by atoms with Gasteiger partial charge in [0.2, 0.25) is 11.8 Å². The molecule has 1 saturated heterocycles. The van der Waals surface area contributed by atoms with Gasteiger partial charge in [0.1, 0.15) is 18.2 Å². The quantitative estimate of drug-likeness (QED) is 0.231. The summed E-state index contributed by atoms with van der Waals surface area (Å²) in [5, 5.41) is 9.31. The van der Waals surface area contributed by atoms with Crippen LogP contribution in [0.3, 0.4) is 0 Å². The number of hydrogen-bond acceptors (Lipinski definition) is 6. The Balaban J connectivity index is 1.58. The molecule has 1 saturated carbocycles. The molecule has 1 heterocycles. The van der Waals surface area contributed by atoms with Crippen molar-refractivity contribution >= 4 is 47.1 Å². The molecule has 45 heavy (non-hydrogen) atoms. The molecule has 2 aliphatic rings. The number of rotatable bonds is 12. The van der Waals surface area contributed by atoms with E-state index in [0.717, 1.165) is 37.7 Å². The van der Waals surface area contributed by atoms with Crippen LogP contribution in [0, 0.1) is 11.8 Å². The number of esters is 1. The molecule has 3 amide bonds. The maximum atomic E-state index is 13.8. The molecule has 9 nitrogen and oxygen atoms in total. The third kappa shape index (κ3) is 9.13. The Labute approximate surface area is 275 Å². The first-order chi connectivity index (χ1) is 21.5. The van der Waals surface area contributed by atoms with Gasteiger partial charge in [-0.3, -0.25) is 9.59 Å². The average molecular weight is 661 g/mol. The molecule has 1 aliphatic heterocycles. The topological polar surface area (TPSA) is 123 Å². The summed E-state index contributed by atoms with van der Waals surface area (Å²) in [6.45, 7) is 4.39. The van der Waals surface area contributed by atoms with Gasteiger partial charge < -0.3 is 25.4 Å². The van der Waals surface area contributed by atoms with Gasteiger partial charge in [0, 0.05) is 33.5 Å². The predicted octanol–water partition coefficient (Wildman–Crippen LogP) is 6.26. The molecule has 11 heteroatoms. The van der Waals surface area contributed by atoms with E-state index in [4.69, 9.17) is 32.7 Å². The Morgan fingerprint density at radius 2 is 1.69 bits per heavy atom. The largest absolute Gasteiger partial charge is 0.467 e. The van der Waals surface area contributed by atoms with E-state index in [9.17, 15) is 19.2 Å². The van der Waals surface area contributed by atoms with Gasteiger partial charge >= 0.3 is 12.1 Å². The van der Waals surface area contributed by atoms with E-state index in [0.29, 0.717) is 35.0 Å². The van der Waals surface area contributed by atoms with Crippen LogP contribution in [0.5, 0.6) is 0 Å². The van der Waals surface area contributed by atoms with Crippen LogP contribution in [-0.2, 0) is 29.3 Å². The second-order valence-corrected chi connectivity index (χ2v) is 13.4. The summed E-state index contributed by atoms with van der Waals surface area (Å²) in [4.78, 5) is 52.4. The van der Waals surface area contributed by atoms with Gasteiger partial charge in [-0.25, -0.2) is 9.59 Å². The highest BCUT2D eigenvalue weighted by atomic mass is 35.5. The fourth-order valence-electron chi connectivity index (χ4n) is 6.38. The summed E-state index contributed by atoms with van der Waals surface area (Å²) in [6.07, 6.45) is 4.52. The summed E-state index contributed by atoms with van der Waals surface area (Å²) < 4.78 is 11.1. The minimum absolute atomic E-state index is 0.104. The Kier molecular flexibility index (Phi) is 12.1. The third-order valence-electron chi connectivity index (χ3n) is 9.02. The number of carbonyl (C=O) groups excluding carboxylic acids is 4. The number of alkyl carbamates (subject to hydrolysis) is 1. The Bertz CT molecular complexity index is 1360. The van der Waals surface area contributed by atoms with Crippen LogP contribution >= 0.6 is 23.2 Å². The lowest BCUT2D eigenvalue weighted by molar-refractivity contribution is -0.146. The predicted molar refractivity (Wildman–Crippen MR) is 173 cm³/mol. The van der Waals surface area contributed by atoms with Crippen molar-refractivity contribution < 1.29 is 28.7 Å². The summed E-state index contributed by atoms with van der Waals surface area (Å²) in [5.41, 5.74) is 0.667. The van der Waals surface area contributed by atoms with Crippen LogP contribution in [0.1, 0.15) is 82.4 Å². The second-order valence-electron chi connectivity index (χ2n) is 12.6. The first-order valence-corrected chi connectivity index (χ1v) is 16.4. The van der Waals surface area contributed by atoms with Crippen molar-refractivity contribution in [2.45, 2.75) is 88.8 Å². The molecule has 2 aromatic carbocycles. The minimum atomic E-state index is -1.04. The van der Waals surface area contributed by atoms with Gasteiger partial charge in [-0.1, -0.05) is 99.5 Å². The molecule has 4 rings (SSSR count). The van der Waals surface area contributed by atoms with Crippen LogP contribution in [-0.4, -0.2) is 49.6 Å². The van der Waals surface area contributed by atoms with Crippen molar-refractivity contribution in [2.75, 3.05) is 13.7 Å². The highest BCUT2D eigenvalue weighted by Gasteiger charge is 2.39. The highest BCUT2D eigenvalue weighted by Crippen LogP contribution is 2.42. The molecule has 244 valence electrons. The zero-order valence-corrected chi connectivity index (χ0v) is 27.6. The van der Waals surface area contributed by atoms with Crippen LogP contribution in [0.2, 0.25) is 10.0 Å². The van der Waals surface area contributed by atoms with Gasteiger partial charge in [0.15, 0.2) is 0 Å². The molecule has 1 aliphatic carbocycles. The lowest BCUT2D eigenvalue weighted by Crippen LogP contribution is -2.53. The number of nitrogens with one attached hydrogen (secondary N) is 3. The number of amides is 3. The van der Waals surface area contributed by atoms with Gasteiger partial charge in [0.05, 0.1) is 7.11 Å². The molecular formula is C34H43Cl2N3O6. The molecule has 0 bridgehead atoms. The van der Waals surface area contributed by atoms with Crippen LogP contribution < -0.4 is 16.0 Å². The molecule has 0 spiro atoms. The van der Waals surface area contributed by atoms with Crippen molar-refractivity contribution in [3.05, 3.63) is 69.7 Å². The normalized spacial score (nSPS) is 19.1. The van der Waals surface area contributed by atoms with Crippen LogP contribution in [0.25, 0.3) is 0 Å². The minimum Gasteiger partial charge on any atom is -0.467 e. The van der Waals surface area contributed by atoms with Gasteiger partial charge in [-0.05, 0) is 48.9 Å². The molecule has 0 radical (unpaired) electrons. The number of halogens is 2. The van der Waals surface area contributed by atoms with Crippen molar-refractivity contribution in [1.82, 2.24) is 16.0 Å². The maximum Gasteiger partial charge on any atom is 0.408 e. The van der Waals surface area contributed by atoms with Crippen molar-refractivity contribution in [2.24, 2.45) is 11.8 Å². The Morgan fingerprint density at radius 1 is 0.956 bits per heavy atom. The monoisotopic (exact) mass is 659 g/mol. The van der Waals surface area contributed by atoms with Crippen molar-refractivity contribution in [3.63, 3.8) is 0 Å². The van der Waals surface area contributed by atoms with Crippen LogP contribution in [0.15, 0.2) is 48.5 Å². The number of ether oxygens (including phenoxy) is 2. The Hall–Kier alpha value is -3.30. The molecule has 2 aromatic rings. The molecule has 2 unspecified atom stereocenters.